The number of nitrogens with one attached hydrogen (secondary N) is 1. The van der Waals surface area contributed by atoms with Crippen LogP contribution in [0.4, 0.5) is 5.69 Å². The fourth-order valence-electron chi connectivity index (χ4n) is 3.00. The lowest BCUT2D eigenvalue weighted by Crippen LogP contribution is -2.40. The maximum atomic E-state index is 13.0. The number of benzene rings is 2. The first-order chi connectivity index (χ1) is 14.4. The van der Waals surface area contributed by atoms with Crippen LogP contribution in [0.15, 0.2) is 51.8 Å². The maximum Gasteiger partial charge on any atom is 0.243 e. The van der Waals surface area contributed by atoms with E-state index in [1.807, 2.05) is 19.1 Å². The fourth-order valence-corrected chi connectivity index (χ4v) is 4.81. The lowest BCUT2D eigenvalue weighted by atomic mass is 10.2. The van der Waals surface area contributed by atoms with E-state index in [4.69, 9.17) is 9.47 Å². The van der Waals surface area contributed by atoms with Crippen LogP contribution < -0.4 is 10.1 Å². The number of unbranched alkanes of at least 4 members (excludes halogenated alkanes) is 1. The molecular formula is C21H25BrN2O5S. The van der Waals surface area contributed by atoms with Crippen LogP contribution in [0.2, 0.25) is 0 Å². The molecule has 0 unspecified atom stereocenters. The van der Waals surface area contributed by atoms with Crippen molar-refractivity contribution >= 4 is 37.5 Å². The Morgan fingerprint density at radius 3 is 2.67 bits per heavy atom. The van der Waals surface area contributed by atoms with Crippen LogP contribution in [0.1, 0.15) is 26.2 Å². The third-order valence-electron chi connectivity index (χ3n) is 4.61. The molecule has 0 radical (unpaired) electrons. The smallest absolute Gasteiger partial charge is 0.243 e. The zero-order chi connectivity index (χ0) is 21.6. The number of nitrogens with zero attached hydrogens (tertiary/aromatic N) is 1. The molecule has 0 aromatic heterocycles. The number of carbonyl (C=O) groups is 1. The molecule has 3 rings (SSSR count). The Hall–Kier alpha value is -1.94. The number of ether oxygens (including phenoxy) is 2. The molecular weight excluding hydrogens is 472 g/mol. The van der Waals surface area contributed by atoms with Crippen LogP contribution in [0.3, 0.4) is 0 Å². The summed E-state index contributed by atoms with van der Waals surface area (Å²) in [6.45, 7) is 3.34. The molecule has 9 heteroatoms. The number of carbonyl (C=O) groups excluding carboxylic acids is 1. The van der Waals surface area contributed by atoms with E-state index in [9.17, 15) is 13.2 Å². The Morgan fingerprint density at radius 2 is 1.97 bits per heavy atom. The summed E-state index contributed by atoms with van der Waals surface area (Å²) < 4.78 is 39.5. The summed E-state index contributed by atoms with van der Waals surface area (Å²) in [7, 11) is -3.69. The van der Waals surface area contributed by atoms with Gasteiger partial charge in [-0.25, -0.2) is 8.42 Å². The minimum absolute atomic E-state index is 0.108. The highest BCUT2D eigenvalue weighted by atomic mass is 79.9. The number of halogens is 1. The van der Waals surface area contributed by atoms with Crippen LogP contribution in [0.5, 0.6) is 11.5 Å². The second-order valence-corrected chi connectivity index (χ2v) is 9.74. The van der Waals surface area contributed by atoms with Crippen molar-refractivity contribution < 1.29 is 22.7 Å². The minimum Gasteiger partial charge on any atom is -0.455 e. The predicted molar refractivity (Wildman–Crippen MR) is 118 cm³/mol. The summed E-state index contributed by atoms with van der Waals surface area (Å²) in [5.74, 6) is 0.757. The normalized spacial score (nSPS) is 15.0. The monoisotopic (exact) mass is 496 g/mol. The van der Waals surface area contributed by atoms with Gasteiger partial charge >= 0.3 is 0 Å². The number of sulfonamides is 1. The van der Waals surface area contributed by atoms with Crippen LogP contribution in [-0.4, -0.2) is 44.9 Å². The molecule has 162 valence electrons. The van der Waals surface area contributed by atoms with Crippen LogP contribution in [-0.2, 0) is 19.6 Å². The molecule has 7 nitrogen and oxygen atoms in total. The second-order valence-electron chi connectivity index (χ2n) is 6.89. The Balaban J connectivity index is 1.92. The van der Waals surface area contributed by atoms with E-state index in [0.717, 1.165) is 17.3 Å². The highest BCUT2D eigenvalue weighted by Crippen LogP contribution is 2.34. The molecule has 2 aromatic rings. The van der Waals surface area contributed by atoms with E-state index < -0.39 is 10.0 Å². The molecule has 1 heterocycles. The van der Waals surface area contributed by atoms with Gasteiger partial charge in [-0.2, -0.15) is 4.31 Å². The molecule has 30 heavy (non-hydrogen) atoms. The molecule has 0 atom stereocenters. The van der Waals surface area contributed by atoms with Gasteiger partial charge in [0.05, 0.1) is 23.8 Å². The van der Waals surface area contributed by atoms with Gasteiger partial charge in [0.2, 0.25) is 15.9 Å². The fraction of sp³-hybridized carbons (Fsp3) is 0.381. The van der Waals surface area contributed by atoms with E-state index >= 15 is 0 Å². The predicted octanol–water partition coefficient (Wildman–Crippen LogP) is 4.39. The number of morpholine rings is 1. The van der Waals surface area contributed by atoms with Crippen molar-refractivity contribution in [2.75, 3.05) is 31.6 Å². The lowest BCUT2D eigenvalue weighted by Gasteiger charge is -2.26. The van der Waals surface area contributed by atoms with Gasteiger partial charge in [-0.3, -0.25) is 4.79 Å². The molecule has 0 aliphatic carbocycles. The molecule has 1 aliphatic rings. The lowest BCUT2D eigenvalue weighted by molar-refractivity contribution is -0.116. The second kappa shape index (κ2) is 10.4. The largest absolute Gasteiger partial charge is 0.455 e. The van der Waals surface area contributed by atoms with Crippen LogP contribution >= 0.6 is 15.9 Å². The zero-order valence-corrected chi connectivity index (χ0v) is 19.2. The highest BCUT2D eigenvalue weighted by molar-refractivity contribution is 9.10. The van der Waals surface area contributed by atoms with Gasteiger partial charge in [0, 0.05) is 24.0 Å². The van der Waals surface area contributed by atoms with Crippen LogP contribution in [0, 0.1) is 0 Å². The van der Waals surface area contributed by atoms with Gasteiger partial charge in [-0.15, -0.1) is 0 Å². The van der Waals surface area contributed by atoms with E-state index in [-0.39, 0.29) is 10.8 Å². The van der Waals surface area contributed by atoms with Gasteiger partial charge in [0.1, 0.15) is 5.75 Å². The van der Waals surface area contributed by atoms with Crippen molar-refractivity contribution in [1.82, 2.24) is 4.31 Å². The van der Waals surface area contributed by atoms with Crippen LogP contribution in [0.25, 0.3) is 0 Å². The third kappa shape index (κ3) is 5.81. The highest BCUT2D eigenvalue weighted by Gasteiger charge is 2.27. The first-order valence-corrected chi connectivity index (χ1v) is 12.1. The zero-order valence-electron chi connectivity index (χ0n) is 16.8. The molecule has 0 bridgehead atoms. The molecule has 1 fully saturated rings. The van der Waals surface area contributed by atoms with Gasteiger partial charge in [-0.05, 0) is 42.8 Å². The maximum absolute atomic E-state index is 13.0. The molecule has 1 aliphatic heterocycles. The minimum atomic E-state index is -3.69. The first kappa shape index (κ1) is 22.7. The van der Waals surface area contributed by atoms with E-state index in [1.165, 1.54) is 16.4 Å². The first-order valence-electron chi connectivity index (χ1n) is 9.85. The SMILES string of the molecule is CCCCC(=O)Nc1cc(S(=O)(=O)N2CCOCC2)ccc1Oc1cccc(Br)c1. The Bertz CT molecular complexity index is 991. The van der Waals surface area contributed by atoms with Crippen molar-refractivity contribution in [3.05, 3.63) is 46.9 Å². The molecule has 1 N–H and O–H groups in total. The van der Waals surface area contributed by atoms with Crippen molar-refractivity contribution in [2.24, 2.45) is 0 Å². The van der Waals surface area contributed by atoms with E-state index in [0.29, 0.717) is 49.9 Å². The van der Waals surface area contributed by atoms with Gasteiger partial charge < -0.3 is 14.8 Å². The summed E-state index contributed by atoms with van der Waals surface area (Å²) in [6, 6.07) is 11.8. The number of rotatable bonds is 8. The van der Waals surface area contributed by atoms with E-state index in [2.05, 4.69) is 21.2 Å². The third-order valence-corrected chi connectivity index (χ3v) is 7.00. The summed E-state index contributed by atoms with van der Waals surface area (Å²) in [4.78, 5) is 12.5. The standard InChI is InChI=1S/C21H25BrN2O5S/c1-2-3-7-21(25)23-19-15-18(30(26,27)24-10-12-28-13-11-24)8-9-20(19)29-17-6-4-5-16(22)14-17/h4-6,8-9,14-15H,2-3,7,10-13H2,1H3,(H,23,25). The molecule has 0 spiro atoms. The number of anilines is 1. The average Bonchev–Trinajstić information content (AvgIpc) is 2.74. The number of amides is 1. The average molecular weight is 497 g/mol. The Kier molecular flexibility index (Phi) is 7.87. The number of hydrogen-bond donors (Lipinski definition) is 1. The molecule has 2 aromatic carbocycles. The molecule has 1 amide bonds. The summed E-state index contributed by atoms with van der Waals surface area (Å²) in [6.07, 6.45) is 1.99. The molecule has 0 saturated carbocycles. The Morgan fingerprint density at radius 1 is 1.20 bits per heavy atom. The van der Waals surface area contributed by atoms with Crippen molar-refractivity contribution in [3.63, 3.8) is 0 Å². The van der Waals surface area contributed by atoms with Gasteiger partial charge in [0.25, 0.3) is 0 Å². The summed E-state index contributed by atoms with van der Waals surface area (Å²) >= 11 is 3.40. The van der Waals surface area contributed by atoms with Gasteiger partial charge in [-0.1, -0.05) is 35.3 Å². The Labute approximate surface area is 185 Å². The quantitative estimate of drug-likeness (QED) is 0.585. The van der Waals surface area contributed by atoms with Crippen molar-refractivity contribution in [2.45, 2.75) is 31.1 Å². The van der Waals surface area contributed by atoms with Crippen molar-refractivity contribution in [3.8, 4) is 11.5 Å². The van der Waals surface area contributed by atoms with Crippen molar-refractivity contribution in [1.29, 1.82) is 0 Å². The van der Waals surface area contributed by atoms with Gasteiger partial charge in [0.15, 0.2) is 5.75 Å². The molecule has 1 saturated heterocycles. The number of hydrogen-bond acceptors (Lipinski definition) is 5. The van der Waals surface area contributed by atoms with E-state index in [1.54, 1.807) is 18.2 Å². The summed E-state index contributed by atoms with van der Waals surface area (Å²) in [5.41, 5.74) is 0.324. The topological polar surface area (TPSA) is 84.9 Å². The summed E-state index contributed by atoms with van der Waals surface area (Å²) in [5, 5.41) is 2.81.